The van der Waals surface area contributed by atoms with Gasteiger partial charge < -0.3 is 4.90 Å². The zero-order chi connectivity index (χ0) is 20.5. The minimum Gasteiger partial charge on any atom is -0.340 e. The van der Waals surface area contributed by atoms with Gasteiger partial charge in [-0.2, -0.15) is 0 Å². The van der Waals surface area contributed by atoms with Crippen molar-refractivity contribution in [3.8, 4) is 0 Å². The van der Waals surface area contributed by atoms with Crippen molar-refractivity contribution in [1.29, 1.82) is 0 Å². The van der Waals surface area contributed by atoms with Crippen molar-refractivity contribution in [3.05, 3.63) is 74.7 Å². The fourth-order valence-corrected chi connectivity index (χ4v) is 4.93. The average molecular weight is 468 g/mol. The lowest BCUT2D eigenvalue weighted by molar-refractivity contribution is -0.122. The van der Waals surface area contributed by atoms with Gasteiger partial charge >= 0.3 is 0 Å². The fourth-order valence-electron chi connectivity index (χ4n) is 3.53. The largest absolute Gasteiger partial charge is 0.340 e. The second-order valence-corrected chi connectivity index (χ2v) is 8.77. The molecule has 0 unspecified atom stereocenters. The van der Waals surface area contributed by atoms with Crippen LogP contribution in [0.1, 0.15) is 25.0 Å². The van der Waals surface area contributed by atoms with Crippen LogP contribution in [0.5, 0.6) is 0 Å². The molecule has 1 saturated heterocycles. The fraction of sp³-hybridized carbons (Fsp3) is 0.217. The smallest absolute Gasteiger partial charge is 0.268 e. The van der Waals surface area contributed by atoms with Gasteiger partial charge in [0.15, 0.2) is 5.17 Å². The molecular weight excluding hydrogens is 446 g/mol. The summed E-state index contributed by atoms with van der Waals surface area (Å²) in [6, 6.07) is 14.2. The Morgan fingerprint density at radius 2 is 1.72 bits per heavy atom. The molecule has 4 nitrogen and oxygen atoms in total. The first-order chi connectivity index (χ1) is 14.0. The number of carbonyl (C=O) groups is 1. The van der Waals surface area contributed by atoms with E-state index < -0.39 is 0 Å². The highest BCUT2D eigenvalue weighted by atomic mass is 79.9. The summed E-state index contributed by atoms with van der Waals surface area (Å²) in [6.07, 6.45) is 4.16. The number of hydrogen-bond acceptors (Lipinski definition) is 4. The lowest BCUT2D eigenvalue weighted by Gasteiger charge is -2.30. The Balaban J connectivity index is 1.76. The van der Waals surface area contributed by atoms with Crippen LogP contribution in [0.4, 0.5) is 11.4 Å². The molecule has 148 valence electrons. The van der Waals surface area contributed by atoms with Crippen LogP contribution in [0.2, 0.25) is 0 Å². The van der Waals surface area contributed by atoms with E-state index in [1.165, 1.54) is 22.9 Å². The van der Waals surface area contributed by atoms with E-state index in [1.54, 1.807) is 4.90 Å². The van der Waals surface area contributed by atoms with E-state index in [0.29, 0.717) is 6.54 Å². The number of amides is 1. The number of amidine groups is 1. The molecule has 0 bridgehead atoms. The Labute approximate surface area is 184 Å². The first-order valence-electron chi connectivity index (χ1n) is 9.66. The van der Waals surface area contributed by atoms with Crippen LogP contribution >= 0.6 is 27.7 Å². The van der Waals surface area contributed by atoms with E-state index in [9.17, 15) is 4.79 Å². The van der Waals surface area contributed by atoms with Gasteiger partial charge in [-0.1, -0.05) is 33.6 Å². The van der Waals surface area contributed by atoms with Crippen LogP contribution in [0.25, 0.3) is 6.08 Å². The van der Waals surface area contributed by atoms with E-state index in [2.05, 4.69) is 65.0 Å². The highest BCUT2D eigenvalue weighted by Gasteiger charge is 2.36. The molecule has 0 aromatic heterocycles. The second kappa shape index (κ2) is 8.20. The number of halogens is 1. The number of thioether (sulfide) groups is 1. The van der Waals surface area contributed by atoms with Gasteiger partial charge in [-0.3, -0.25) is 9.69 Å². The van der Waals surface area contributed by atoms with Crippen LogP contribution < -0.4 is 4.90 Å². The summed E-state index contributed by atoms with van der Waals surface area (Å²) in [5.41, 5.74) is 5.33. The normalized spacial score (nSPS) is 20.0. The van der Waals surface area contributed by atoms with Gasteiger partial charge in [-0.15, -0.1) is 0 Å². The maximum absolute atomic E-state index is 13.2. The van der Waals surface area contributed by atoms with Gasteiger partial charge in [-0.25, -0.2) is 4.99 Å². The molecular formula is C23H22BrN3OS. The van der Waals surface area contributed by atoms with Crippen molar-refractivity contribution in [1.82, 2.24) is 4.90 Å². The minimum atomic E-state index is 0.0158. The number of hydrogen-bond donors (Lipinski definition) is 0. The van der Waals surface area contributed by atoms with E-state index in [-0.39, 0.29) is 5.91 Å². The summed E-state index contributed by atoms with van der Waals surface area (Å²) in [5.74, 6) is 0.0158. The van der Waals surface area contributed by atoms with Crippen molar-refractivity contribution >= 4 is 56.2 Å². The molecule has 6 heteroatoms. The molecule has 2 aromatic carbocycles. The third kappa shape index (κ3) is 3.79. The number of anilines is 1. The van der Waals surface area contributed by atoms with Gasteiger partial charge in [0, 0.05) is 23.2 Å². The number of fused-ring (bicyclic) bond motifs is 1. The zero-order valence-corrected chi connectivity index (χ0v) is 19.0. The predicted octanol–water partition coefficient (Wildman–Crippen LogP) is 6.11. The zero-order valence-electron chi connectivity index (χ0n) is 16.6. The van der Waals surface area contributed by atoms with Crippen LogP contribution in [-0.2, 0) is 4.79 Å². The van der Waals surface area contributed by atoms with E-state index >= 15 is 0 Å². The highest BCUT2D eigenvalue weighted by molar-refractivity contribution is 9.10. The van der Waals surface area contributed by atoms with E-state index in [4.69, 9.17) is 4.99 Å². The van der Waals surface area contributed by atoms with Crippen LogP contribution in [0.15, 0.2) is 68.6 Å². The molecule has 0 spiro atoms. The summed E-state index contributed by atoms with van der Waals surface area (Å²) >= 11 is 4.90. The maximum atomic E-state index is 13.2. The summed E-state index contributed by atoms with van der Waals surface area (Å²) in [6.45, 7) is 7.57. The SMILES string of the molecule is CCN1C(=O)C(=C2C=Cc3cc(C)ccc3N2CC)SC1=Nc1ccc(Br)cc1. The van der Waals surface area contributed by atoms with Gasteiger partial charge in [0.05, 0.1) is 11.4 Å². The molecule has 2 aliphatic rings. The Bertz CT molecular complexity index is 1060. The summed E-state index contributed by atoms with van der Waals surface area (Å²) < 4.78 is 1.01. The molecule has 1 amide bonds. The van der Waals surface area contributed by atoms with Gasteiger partial charge in [0.1, 0.15) is 4.91 Å². The van der Waals surface area contributed by atoms with Gasteiger partial charge in [0.25, 0.3) is 5.91 Å². The third-order valence-electron chi connectivity index (χ3n) is 4.97. The molecule has 1 fully saturated rings. The van der Waals surface area contributed by atoms with Crippen molar-refractivity contribution in [2.24, 2.45) is 4.99 Å². The number of rotatable bonds is 3. The van der Waals surface area contributed by atoms with Gasteiger partial charge in [0.2, 0.25) is 0 Å². The molecule has 0 aliphatic carbocycles. The van der Waals surface area contributed by atoms with Crippen LogP contribution in [0, 0.1) is 6.92 Å². The second-order valence-electron chi connectivity index (χ2n) is 6.88. The lowest BCUT2D eigenvalue weighted by atomic mass is 10.0. The quantitative estimate of drug-likeness (QED) is 0.511. The molecule has 2 aromatic rings. The predicted molar refractivity (Wildman–Crippen MR) is 126 cm³/mol. The van der Waals surface area contributed by atoms with Crippen molar-refractivity contribution < 1.29 is 4.79 Å². The molecule has 0 saturated carbocycles. The Morgan fingerprint density at radius 3 is 2.41 bits per heavy atom. The molecule has 0 atom stereocenters. The molecule has 29 heavy (non-hydrogen) atoms. The maximum Gasteiger partial charge on any atom is 0.268 e. The number of aliphatic imine (C=N–C) groups is 1. The monoisotopic (exact) mass is 467 g/mol. The number of carbonyl (C=O) groups excluding carboxylic acids is 1. The van der Waals surface area contributed by atoms with Crippen molar-refractivity contribution in [2.45, 2.75) is 20.8 Å². The lowest BCUT2D eigenvalue weighted by Crippen LogP contribution is -2.30. The number of benzene rings is 2. The van der Waals surface area contributed by atoms with E-state index in [0.717, 1.165) is 38.2 Å². The average Bonchev–Trinajstić information content (AvgIpc) is 3.03. The Kier molecular flexibility index (Phi) is 5.65. The molecule has 4 rings (SSSR count). The summed E-state index contributed by atoms with van der Waals surface area (Å²) in [7, 11) is 0. The number of nitrogens with zero attached hydrogens (tertiary/aromatic N) is 3. The molecule has 2 heterocycles. The van der Waals surface area contributed by atoms with Crippen molar-refractivity contribution in [3.63, 3.8) is 0 Å². The number of allylic oxidation sites excluding steroid dienone is 1. The topological polar surface area (TPSA) is 35.9 Å². The van der Waals surface area contributed by atoms with Crippen LogP contribution in [-0.4, -0.2) is 29.1 Å². The van der Waals surface area contributed by atoms with Crippen LogP contribution in [0.3, 0.4) is 0 Å². The first-order valence-corrected chi connectivity index (χ1v) is 11.3. The molecule has 2 aliphatic heterocycles. The Morgan fingerprint density at radius 1 is 1.00 bits per heavy atom. The van der Waals surface area contributed by atoms with Crippen molar-refractivity contribution in [2.75, 3.05) is 18.0 Å². The Hall–Kier alpha value is -2.31. The third-order valence-corrected chi connectivity index (χ3v) is 6.58. The summed E-state index contributed by atoms with van der Waals surface area (Å²) in [4.78, 5) is 22.7. The molecule has 0 radical (unpaired) electrons. The highest BCUT2D eigenvalue weighted by Crippen LogP contribution is 2.40. The minimum absolute atomic E-state index is 0.0158. The van der Waals surface area contributed by atoms with E-state index in [1.807, 2.05) is 31.2 Å². The number of likely N-dealkylation sites (N-methyl/N-ethyl adjacent to an activating group) is 2. The standard InChI is InChI=1S/C23H22BrN3OS/c1-4-26-19-12-6-15(3)14-16(19)7-13-20(26)21-22(28)27(5-2)23(29-21)25-18-10-8-17(24)9-11-18/h6-14H,4-5H2,1-3H3. The molecule has 0 N–H and O–H groups in total. The number of aryl methyl sites for hydroxylation is 1. The first kappa shape index (κ1) is 20.0. The van der Waals surface area contributed by atoms with Gasteiger partial charge in [-0.05, 0) is 80.6 Å². The summed E-state index contributed by atoms with van der Waals surface area (Å²) in [5, 5.41) is 0.724.